The van der Waals surface area contributed by atoms with Crippen molar-refractivity contribution in [2.45, 2.75) is 264 Å². The second-order valence-corrected chi connectivity index (χ2v) is 29.5. The number of hydrazine groups is 2. The summed E-state index contributed by atoms with van der Waals surface area (Å²) >= 11 is 0. The summed E-state index contributed by atoms with van der Waals surface area (Å²) in [7, 11) is 0. The van der Waals surface area contributed by atoms with Crippen LogP contribution in [0.15, 0.2) is 46.0 Å². The Morgan fingerprint density at radius 1 is 0.505 bits per heavy atom. The van der Waals surface area contributed by atoms with E-state index in [-0.39, 0.29) is 128 Å². The van der Waals surface area contributed by atoms with Crippen LogP contribution < -0.4 is 32.7 Å². The smallest absolute Gasteiger partial charge is 0.337 e. The molecule has 0 spiro atoms. The van der Waals surface area contributed by atoms with Crippen molar-refractivity contribution in [3.05, 3.63) is 48.7 Å². The first-order chi connectivity index (χ1) is 47.2. The predicted octanol–water partition coefficient (Wildman–Crippen LogP) is 6.56. The van der Waals surface area contributed by atoms with Crippen molar-refractivity contribution < 1.29 is 94.9 Å². The predicted molar refractivity (Wildman–Crippen MR) is 365 cm³/mol. The van der Waals surface area contributed by atoms with Crippen LogP contribution in [0.1, 0.15) is 204 Å². The van der Waals surface area contributed by atoms with Crippen LogP contribution in [0.25, 0.3) is 11.0 Å². The third-order valence-electron chi connectivity index (χ3n) is 15.5. The minimum absolute atomic E-state index is 0. The second kappa shape index (κ2) is 42.9. The highest BCUT2D eigenvalue weighted by atomic mass is 35.5. The van der Waals surface area contributed by atoms with Crippen molar-refractivity contribution in [2.75, 3.05) is 33.0 Å². The number of nitrogens with one attached hydrogen (secondary N) is 3. The largest absolute Gasteiger partial charge is 0.460 e. The van der Waals surface area contributed by atoms with Crippen molar-refractivity contribution in [3.8, 4) is 0 Å². The molecule has 0 saturated carbocycles. The van der Waals surface area contributed by atoms with Gasteiger partial charge in [0.25, 0.3) is 0 Å². The van der Waals surface area contributed by atoms with Gasteiger partial charge in [-0.3, -0.25) is 49.8 Å². The molecule has 8 heterocycles. The zero-order valence-electron chi connectivity index (χ0n) is 60.6. The molecule has 5 saturated heterocycles. The Kier molecular flexibility index (Phi) is 36.6. The Labute approximate surface area is 596 Å². The number of carbonyl (C=O) groups is 8. The van der Waals surface area contributed by atoms with Gasteiger partial charge < -0.3 is 62.2 Å². The van der Waals surface area contributed by atoms with Gasteiger partial charge in [0.15, 0.2) is 12.7 Å². The van der Waals surface area contributed by atoms with Crippen LogP contribution in [0.2, 0.25) is 0 Å². The summed E-state index contributed by atoms with van der Waals surface area (Å²) in [4.78, 5) is 106. The van der Waals surface area contributed by atoms with Gasteiger partial charge in [-0.05, 0) is 188 Å². The molecule has 3 amide bonds. The van der Waals surface area contributed by atoms with Crippen LogP contribution in [-0.4, -0.2) is 176 Å². The summed E-state index contributed by atoms with van der Waals surface area (Å²) in [6.45, 7) is 24.8. The van der Waals surface area contributed by atoms with Crippen molar-refractivity contribution >= 4 is 71.5 Å². The molecule has 0 radical (unpaired) electrons. The first-order valence-electron chi connectivity index (χ1n) is 34.4. The molecule has 7 N–H and O–H groups in total. The molecule has 568 valence electrons. The number of nitrogens with two attached hydrogens (primary N) is 2. The van der Waals surface area contributed by atoms with E-state index in [1.54, 1.807) is 12.1 Å². The van der Waals surface area contributed by atoms with Crippen molar-refractivity contribution in [2.24, 2.45) is 35.2 Å². The standard InChI is InChI=1S/C19H25N3O5.C14H24N2O5.C14H22N2O4.C13H24N2O4.C8H13N3O2.ClH/c1-19(2,3)26-17(23)10-13-8-9-14(25-12-13)11-18(24)27-22-16-7-5-4-6-15(16)20-21-22;1-14(2,3)21-13(19)6-10-4-5-11(20-8-10)7-12(18)16-15-9-17;1-14(2,3)19-13(17)6-10-4-5-11(18-8-10)7-12-15-9-16-20-12;1-13(2,3)19-12(17)6-9-4-5-10(18-8-9)7-11(16)15-14;9-6-1-2-7(12-4-6)3-8-10-5-11-13-8;/h4-7,13-14H,8-12H2,1-3H3;9-11H,4-8H2,1-3H3,(H,15,17)(H,16,18);9-11H,4-8H2,1-3H3;9-10H,4-8,14H2,1-3H3,(H,15,16);5-7H,1-4,9H2;1H/t13-,14-;2*10-,11-;9-,10-;6-,7+;/m00001./s1. The van der Waals surface area contributed by atoms with Crippen LogP contribution in [0, 0.1) is 23.7 Å². The van der Waals surface area contributed by atoms with E-state index in [1.165, 1.54) is 12.7 Å². The summed E-state index contributed by atoms with van der Waals surface area (Å²) in [5, 5.41) is 14.9. The number of hydrogen-bond acceptors (Lipinski definition) is 28. The van der Waals surface area contributed by atoms with Crippen molar-refractivity contribution in [1.82, 2.24) is 51.7 Å². The molecular formula is C68H109ClN12O20. The summed E-state index contributed by atoms with van der Waals surface area (Å²) in [6.07, 6.45) is 14.9. The zero-order valence-corrected chi connectivity index (χ0v) is 61.5. The number of para-hydroxylation sites is 1. The van der Waals surface area contributed by atoms with Crippen LogP contribution in [0.3, 0.4) is 0 Å². The number of ether oxygens (including phenoxy) is 9. The molecule has 5 aliphatic rings. The lowest BCUT2D eigenvalue weighted by Gasteiger charge is -2.29. The lowest BCUT2D eigenvalue weighted by Crippen LogP contribution is -2.39. The quantitative estimate of drug-likeness (QED) is 0.0112. The summed E-state index contributed by atoms with van der Waals surface area (Å²) in [5.74, 6) is 5.19. The van der Waals surface area contributed by atoms with Crippen LogP contribution >= 0.6 is 12.4 Å². The number of aromatic nitrogens is 7. The molecule has 4 aromatic rings. The number of carbonyl (C=O) groups excluding carboxylic acids is 8. The number of fused-ring (bicyclic) bond motifs is 1. The number of amides is 3. The maximum Gasteiger partial charge on any atom is 0.337 e. The molecule has 0 aliphatic carbocycles. The van der Waals surface area contributed by atoms with Gasteiger partial charge in [0.05, 0.1) is 121 Å². The zero-order chi connectivity index (χ0) is 73.5. The molecule has 9 rings (SSSR count). The van der Waals surface area contributed by atoms with E-state index >= 15 is 0 Å². The fourth-order valence-corrected chi connectivity index (χ4v) is 11.0. The van der Waals surface area contributed by atoms with Gasteiger partial charge in [0, 0.05) is 6.04 Å². The van der Waals surface area contributed by atoms with E-state index in [4.69, 9.17) is 68.1 Å². The summed E-state index contributed by atoms with van der Waals surface area (Å²) in [6, 6.07) is 7.43. The van der Waals surface area contributed by atoms with Gasteiger partial charge in [-0.15, -0.1) is 17.5 Å². The summed E-state index contributed by atoms with van der Waals surface area (Å²) < 4.78 is 59.2. The highest BCUT2D eigenvalue weighted by molar-refractivity contribution is 5.85. The first-order valence-corrected chi connectivity index (χ1v) is 34.4. The molecule has 10 atom stereocenters. The molecule has 0 bridgehead atoms. The Balaban J connectivity index is 0.000000271. The maximum atomic E-state index is 12.2. The van der Waals surface area contributed by atoms with Gasteiger partial charge in [-0.1, -0.05) is 27.3 Å². The number of halogens is 1. The lowest BCUT2D eigenvalue weighted by molar-refractivity contribution is -0.159. The number of hydrogen-bond donors (Lipinski definition) is 5. The highest BCUT2D eigenvalue weighted by Gasteiger charge is 2.32. The third-order valence-corrected chi connectivity index (χ3v) is 15.5. The monoisotopic (exact) mass is 1450 g/mol. The van der Waals surface area contributed by atoms with Crippen molar-refractivity contribution in [1.29, 1.82) is 0 Å². The molecule has 33 heteroatoms. The van der Waals surface area contributed by atoms with Gasteiger partial charge in [-0.2, -0.15) is 9.97 Å². The normalized spacial score (nSPS) is 23.0. The molecular weight excluding hydrogens is 1340 g/mol. The Hall–Kier alpha value is -7.33. The Morgan fingerprint density at radius 2 is 0.881 bits per heavy atom. The SMILES string of the molecule is CC(C)(C)OC(=O)C[C@@H]1CC[C@@H](CC(=O)NN)OC1.CC(C)(C)OC(=O)C[C@@H]1CC[C@@H](CC(=O)NNC=O)OC1.CC(C)(C)OC(=O)C[C@@H]1CC[C@@H](CC(=O)On2nnc3ccccc32)OC1.CC(C)(C)OC(=O)C[C@@H]1CC[C@@H](Cc2ncno2)OC1.Cl.N[C@@H]1CC[C@@H](Cc2ncno2)OC1. The second-order valence-electron chi connectivity index (χ2n) is 29.5. The van der Waals surface area contributed by atoms with E-state index in [0.717, 1.165) is 56.2 Å². The third kappa shape index (κ3) is 37.4. The number of benzene rings is 1. The Bertz CT molecular complexity index is 3070. The average molecular weight is 1450 g/mol. The van der Waals surface area contributed by atoms with Gasteiger partial charge in [0.2, 0.25) is 30.0 Å². The number of rotatable bonds is 21. The van der Waals surface area contributed by atoms with Gasteiger partial charge in [0.1, 0.15) is 33.4 Å². The molecule has 1 aromatic carbocycles. The van der Waals surface area contributed by atoms with E-state index in [9.17, 15) is 38.4 Å². The minimum atomic E-state index is -0.482. The van der Waals surface area contributed by atoms with Crippen LogP contribution in [-0.2, 0) is 93.8 Å². The highest BCUT2D eigenvalue weighted by Crippen LogP contribution is 2.29. The molecule has 5 fully saturated rings. The molecule has 0 unspecified atom stereocenters. The molecule has 32 nitrogen and oxygen atoms in total. The minimum Gasteiger partial charge on any atom is -0.460 e. The van der Waals surface area contributed by atoms with E-state index < -0.39 is 28.4 Å². The molecule has 101 heavy (non-hydrogen) atoms. The molecule has 5 aliphatic heterocycles. The topological polar surface area (TPSA) is 426 Å². The van der Waals surface area contributed by atoms with Gasteiger partial charge >= 0.3 is 29.8 Å². The van der Waals surface area contributed by atoms with Crippen molar-refractivity contribution in [3.63, 3.8) is 0 Å². The van der Waals surface area contributed by atoms with E-state index in [1.807, 2.05) is 95.2 Å². The lowest BCUT2D eigenvalue weighted by atomic mass is 9.94. The summed E-state index contributed by atoms with van der Waals surface area (Å²) in [5.41, 5.74) is 11.6. The van der Waals surface area contributed by atoms with Crippen LogP contribution in [0.4, 0.5) is 0 Å². The molecule has 3 aromatic heterocycles. The number of nitrogens with zero attached hydrogens (tertiary/aromatic N) is 7. The average Bonchev–Trinajstić information content (AvgIpc) is 1.71. The van der Waals surface area contributed by atoms with Gasteiger partial charge in [-0.25, -0.2) is 10.6 Å². The first kappa shape index (κ1) is 86.1. The van der Waals surface area contributed by atoms with Crippen LogP contribution in [0.5, 0.6) is 0 Å². The fourth-order valence-electron chi connectivity index (χ4n) is 11.0. The van der Waals surface area contributed by atoms with E-state index in [0.29, 0.717) is 114 Å². The van der Waals surface area contributed by atoms with E-state index in [2.05, 4.69) is 46.9 Å². The number of esters is 4. The fraction of sp³-hybridized carbons (Fsp3) is 0.735. The Morgan fingerprint density at radius 3 is 1.23 bits per heavy atom. The maximum absolute atomic E-state index is 12.2.